The molecule has 3 nitrogen and oxygen atoms in total. The number of para-hydroxylation sites is 1. The number of benzene rings is 2. The van der Waals surface area contributed by atoms with Gasteiger partial charge in [-0.05, 0) is 42.3 Å². The number of methoxy groups -OCH3 is 1. The molecule has 2 rings (SSSR count). The third-order valence-corrected chi connectivity index (χ3v) is 3.61. The second kappa shape index (κ2) is 7.58. The van der Waals surface area contributed by atoms with Crippen LogP contribution in [0.15, 0.2) is 48.5 Å². The average Bonchev–Trinajstić information content (AvgIpc) is 2.54. The number of rotatable bonds is 7. The molecule has 0 aliphatic heterocycles. The Morgan fingerprint density at radius 3 is 2.52 bits per heavy atom. The molecule has 0 aromatic heterocycles. The number of anilines is 2. The molecule has 112 valence electrons. The van der Waals surface area contributed by atoms with Crippen LogP contribution in [0.1, 0.15) is 25.3 Å². The van der Waals surface area contributed by atoms with Crippen LogP contribution in [-0.4, -0.2) is 13.7 Å². The van der Waals surface area contributed by atoms with Crippen LogP contribution in [0.25, 0.3) is 0 Å². The monoisotopic (exact) mass is 284 g/mol. The molecule has 2 aromatic rings. The zero-order valence-electron chi connectivity index (χ0n) is 12.9. The van der Waals surface area contributed by atoms with Gasteiger partial charge in [0.15, 0.2) is 0 Å². The van der Waals surface area contributed by atoms with Crippen molar-refractivity contribution >= 4 is 11.4 Å². The Hall–Kier alpha value is -2.16. The van der Waals surface area contributed by atoms with Crippen LogP contribution >= 0.6 is 0 Å². The van der Waals surface area contributed by atoms with Crippen molar-refractivity contribution in [2.24, 2.45) is 0 Å². The van der Waals surface area contributed by atoms with Gasteiger partial charge in [0.05, 0.1) is 7.11 Å². The van der Waals surface area contributed by atoms with E-state index in [1.807, 2.05) is 24.3 Å². The van der Waals surface area contributed by atoms with Gasteiger partial charge in [0.2, 0.25) is 0 Å². The van der Waals surface area contributed by atoms with Gasteiger partial charge in [-0.2, -0.15) is 0 Å². The molecule has 0 spiro atoms. The van der Waals surface area contributed by atoms with Gasteiger partial charge in [-0.1, -0.05) is 31.5 Å². The van der Waals surface area contributed by atoms with Crippen LogP contribution in [0, 0.1) is 0 Å². The van der Waals surface area contributed by atoms with Gasteiger partial charge in [0.1, 0.15) is 5.75 Å². The lowest BCUT2D eigenvalue weighted by atomic mass is 10.1. The molecule has 2 aromatic carbocycles. The van der Waals surface area contributed by atoms with E-state index >= 15 is 0 Å². The molecule has 0 saturated carbocycles. The molecule has 0 aliphatic carbocycles. The summed E-state index contributed by atoms with van der Waals surface area (Å²) in [5.41, 5.74) is 9.27. The van der Waals surface area contributed by atoms with Gasteiger partial charge >= 0.3 is 0 Å². The highest BCUT2D eigenvalue weighted by Crippen LogP contribution is 2.24. The zero-order valence-corrected chi connectivity index (χ0v) is 12.9. The molecule has 21 heavy (non-hydrogen) atoms. The van der Waals surface area contributed by atoms with Gasteiger partial charge in [-0.25, -0.2) is 0 Å². The first-order valence-corrected chi connectivity index (χ1v) is 7.47. The lowest BCUT2D eigenvalue weighted by molar-refractivity contribution is 0.414. The molecule has 0 unspecified atom stereocenters. The first kappa shape index (κ1) is 15.2. The molecule has 0 aliphatic rings. The summed E-state index contributed by atoms with van der Waals surface area (Å²) in [7, 11) is 1.68. The van der Waals surface area contributed by atoms with E-state index in [2.05, 4.69) is 36.1 Å². The summed E-state index contributed by atoms with van der Waals surface area (Å²) in [6.07, 6.45) is 2.34. The van der Waals surface area contributed by atoms with Crippen molar-refractivity contribution in [3.8, 4) is 5.75 Å². The molecular weight excluding hydrogens is 260 g/mol. The third-order valence-electron chi connectivity index (χ3n) is 3.61. The Labute approximate surface area is 127 Å². The quantitative estimate of drug-likeness (QED) is 0.778. The highest BCUT2D eigenvalue weighted by atomic mass is 16.5. The largest absolute Gasteiger partial charge is 0.497 e. The maximum absolute atomic E-state index is 6.12. The molecule has 0 heterocycles. The second-order valence-electron chi connectivity index (χ2n) is 5.18. The van der Waals surface area contributed by atoms with Crippen LogP contribution in [0.2, 0.25) is 0 Å². The fourth-order valence-corrected chi connectivity index (χ4v) is 2.34. The minimum Gasteiger partial charge on any atom is -0.497 e. The predicted molar refractivity (Wildman–Crippen MR) is 89.8 cm³/mol. The first-order chi connectivity index (χ1) is 10.2. The van der Waals surface area contributed by atoms with E-state index in [1.54, 1.807) is 7.11 Å². The van der Waals surface area contributed by atoms with E-state index in [4.69, 9.17) is 10.5 Å². The molecule has 0 bridgehead atoms. The summed E-state index contributed by atoms with van der Waals surface area (Å²) < 4.78 is 5.30. The topological polar surface area (TPSA) is 38.5 Å². The molecule has 0 atom stereocenters. The van der Waals surface area contributed by atoms with Crippen molar-refractivity contribution in [1.82, 2.24) is 0 Å². The summed E-state index contributed by atoms with van der Waals surface area (Å²) in [6.45, 7) is 4.04. The van der Waals surface area contributed by atoms with Crippen molar-refractivity contribution in [3.63, 3.8) is 0 Å². The standard InChI is InChI=1S/C18H24N2O/c1-3-4-12-20(16-8-6-5-7-9-16)14-15-13-17(21-2)10-11-18(15)19/h5-11,13H,3-4,12,14,19H2,1-2H3. The van der Waals surface area contributed by atoms with Gasteiger partial charge in [0, 0.05) is 24.5 Å². The van der Waals surface area contributed by atoms with E-state index in [1.165, 1.54) is 18.5 Å². The Morgan fingerprint density at radius 1 is 1.10 bits per heavy atom. The minimum absolute atomic E-state index is 0.799. The smallest absolute Gasteiger partial charge is 0.119 e. The molecule has 0 radical (unpaired) electrons. The van der Waals surface area contributed by atoms with E-state index < -0.39 is 0 Å². The SMILES string of the molecule is CCCCN(Cc1cc(OC)ccc1N)c1ccccc1. The number of nitrogens with zero attached hydrogens (tertiary/aromatic N) is 1. The van der Waals surface area contributed by atoms with Crippen molar-refractivity contribution in [1.29, 1.82) is 0 Å². The minimum atomic E-state index is 0.799. The lowest BCUT2D eigenvalue weighted by Gasteiger charge is -2.25. The lowest BCUT2D eigenvalue weighted by Crippen LogP contribution is -2.24. The Morgan fingerprint density at radius 2 is 1.86 bits per heavy atom. The summed E-state index contributed by atoms with van der Waals surface area (Å²) in [5.74, 6) is 0.850. The number of nitrogens with two attached hydrogens (primary N) is 1. The van der Waals surface area contributed by atoms with E-state index in [-0.39, 0.29) is 0 Å². The summed E-state index contributed by atoms with van der Waals surface area (Å²) in [6, 6.07) is 16.3. The Balaban J connectivity index is 2.22. The fourth-order valence-electron chi connectivity index (χ4n) is 2.34. The molecule has 0 saturated heterocycles. The van der Waals surface area contributed by atoms with E-state index in [0.717, 1.165) is 30.1 Å². The third kappa shape index (κ3) is 4.15. The average molecular weight is 284 g/mol. The Bertz CT molecular complexity index is 554. The van der Waals surface area contributed by atoms with Gasteiger partial charge in [-0.3, -0.25) is 0 Å². The van der Waals surface area contributed by atoms with Crippen molar-refractivity contribution in [3.05, 3.63) is 54.1 Å². The molecule has 0 fully saturated rings. The number of nitrogen functional groups attached to an aromatic ring is 1. The van der Waals surface area contributed by atoms with Gasteiger partial charge < -0.3 is 15.4 Å². The molecule has 3 heteroatoms. The molecule has 0 amide bonds. The van der Waals surface area contributed by atoms with Crippen molar-refractivity contribution < 1.29 is 4.74 Å². The maximum atomic E-state index is 6.12. The van der Waals surface area contributed by atoms with Crippen molar-refractivity contribution in [2.75, 3.05) is 24.3 Å². The molecular formula is C18H24N2O. The summed E-state index contributed by atoms with van der Waals surface area (Å²) in [5, 5.41) is 0. The van der Waals surface area contributed by atoms with Crippen LogP contribution < -0.4 is 15.4 Å². The number of hydrogen-bond donors (Lipinski definition) is 1. The van der Waals surface area contributed by atoms with Crippen LogP contribution in [-0.2, 0) is 6.54 Å². The van der Waals surface area contributed by atoms with Gasteiger partial charge in [0.25, 0.3) is 0 Å². The molecule has 2 N–H and O–H groups in total. The Kier molecular flexibility index (Phi) is 5.50. The van der Waals surface area contributed by atoms with Crippen LogP contribution in [0.5, 0.6) is 5.75 Å². The predicted octanol–water partition coefficient (Wildman–Crippen LogP) is 4.08. The number of hydrogen-bond acceptors (Lipinski definition) is 3. The number of ether oxygens (including phenoxy) is 1. The summed E-state index contributed by atoms with van der Waals surface area (Å²) >= 11 is 0. The first-order valence-electron chi connectivity index (χ1n) is 7.47. The maximum Gasteiger partial charge on any atom is 0.119 e. The van der Waals surface area contributed by atoms with Gasteiger partial charge in [-0.15, -0.1) is 0 Å². The summed E-state index contributed by atoms with van der Waals surface area (Å²) in [4.78, 5) is 2.37. The zero-order chi connectivity index (χ0) is 15.1. The van der Waals surface area contributed by atoms with E-state index in [9.17, 15) is 0 Å². The van der Waals surface area contributed by atoms with E-state index in [0.29, 0.717) is 0 Å². The highest BCUT2D eigenvalue weighted by Gasteiger charge is 2.09. The van der Waals surface area contributed by atoms with Crippen molar-refractivity contribution in [2.45, 2.75) is 26.3 Å². The highest BCUT2D eigenvalue weighted by molar-refractivity contribution is 5.54. The second-order valence-corrected chi connectivity index (χ2v) is 5.18. The fraction of sp³-hybridized carbons (Fsp3) is 0.333. The normalized spacial score (nSPS) is 10.4. The van der Waals surface area contributed by atoms with Crippen LogP contribution in [0.3, 0.4) is 0 Å². The number of unbranched alkanes of at least 4 members (excludes halogenated alkanes) is 1. The van der Waals surface area contributed by atoms with Crippen LogP contribution in [0.4, 0.5) is 11.4 Å².